The van der Waals surface area contributed by atoms with Gasteiger partial charge in [0, 0.05) is 0 Å². The standard InChI is InChI=1S/C5H12N2O5P/c1-2-5(7(8)9)3-11-13(6,10)12-4-5/h8H,2-4H2,1H3,(H2,6,10)/q-1. The van der Waals surface area contributed by atoms with E-state index in [0.717, 1.165) is 0 Å². The van der Waals surface area contributed by atoms with Gasteiger partial charge >= 0.3 is 7.75 Å². The first-order valence-electron chi connectivity index (χ1n) is 3.76. The molecule has 0 spiro atoms. The number of hydrogen-bond acceptors (Lipinski definition) is 6. The van der Waals surface area contributed by atoms with Gasteiger partial charge in [-0.1, -0.05) is 6.92 Å². The molecular weight excluding hydrogens is 199 g/mol. The summed E-state index contributed by atoms with van der Waals surface area (Å²) in [6, 6.07) is 0. The van der Waals surface area contributed by atoms with Crippen LogP contribution in [0.25, 0.3) is 0 Å². The number of nitrogens with zero attached hydrogens (tertiary/aromatic N) is 1. The second kappa shape index (κ2) is 3.62. The minimum atomic E-state index is -3.50. The maximum atomic E-state index is 11.0. The molecule has 3 N–H and O–H groups in total. The Morgan fingerprint density at radius 3 is 2.46 bits per heavy atom. The molecule has 1 aliphatic rings. The maximum absolute atomic E-state index is 11.0. The van der Waals surface area contributed by atoms with Crippen molar-refractivity contribution < 1.29 is 18.8 Å². The Morgan fingerprint density at radius 2 is 2.15 bits per heavy atom. The zero-order valence-corrected chi connectivity index (χ0v) is 8.07. The van der Waals surface area contributed by atoms with Gasteiger partial charge in [-0.15, -0.1) is 0 Å². The Bertz CT molecular complexity index is 221. The minimum Gasteiger partial charge on any atom is -0.762 e. The van der Waals surface area contributed by atoms with Gasteiger partial charge in [0.2, 0.25) is 0 Å². The van der Waals surface area contributed by atoms with Gasteiger partial charge < -0.3 is 10.4 Å². The van der Waals surface area contributed by atoms with Crippen molar-refractivity contribution in [1.29, 1.82) is 0 Å². The average molecular weight is 211 g/mol. The SMILES string of the molecule is CCC1(N([O-])O)COP(N)(=O)OC1. The first kappa shape index (κ1) is 11.1. The highest BCUT2D eigenvalue weighted by Gasteiger charge is 2.40. The predicted molar refractivity (Wildman–Crippen MR) is 43.7 cm³/mol. The molecule has 0 bridgehead atoms. The third kappa shape index (κ3) is 2.26. The van der Waals surface area contributed by atoms with Crippen molar-refractivity contribution in [1.82, 2.24) is 5.23 Å². The molecule has 7 nitrogen and oxygen atoms in total. The molecule has 0 atom stereocenters. The summed E-state index contributed by atoms with van der Waals surface area (Å²) < 4.78 is 20.3. The fraction of sp³-hybridized carbons (Fsp3) is 1.00. The first-order valence-corrected chi connectivity index (χ1v) is 5.37. The molecule has 0 unspecified atom stereocenters. The Morgan fingerprint density at radius 1 is 1.69 bits per heavy atom. The van der Waals surface area contributed by atoms with Crippen molar-refractivity contribution in [3.63, 3.8) is 0 Å². The van der Waals surface area contributed by atoms with E-state index < -0.39 is 13.3 Å². The van der Waals surface area contributed by atoms with Crippen LogP contribution < -0.4 is 5.50 Å². The van der Waals surface area contributed by atoms with Crippen LogP contribution in [-0.2, 0) is 13.6 Å². The van der Waals surface area contributed by atoms with Crippen LogP contribution in [-0.4, -0.2) is 29.2 Å². The molecule has 1 saturated heterocycles. The highest BCUT2D eigenvalue weighted by molar-refractivity contribution is 7.51. The molecule has 1 aliphatic heterocycles. The monoisotopic (exact) mass is 211 g/mol. The van der Waals surface area contributed by atoms with Crippen LogP contribution in [0, 0.1) is 5.21 Å². The molecular formula is C5H12N2O5P-. The van der Waals surface area contributed by atoms with Gasteiger partial charge in [0.05, 0.1) is 18.8 Å². The summed E-state index contributed by atoms with van der Waals surface area (Å²) in [6.45, 7) is 1.29. The van der Waals surface area contributed by atoms with Gasteiger partial charge in [-0.3, -0.25) is 14.3 Å². The van der Waals surface area contributed by atoms with Gasteiger partial charge in [-0.25, -0.2) is 10.1 Å². The lowest BCUT2D eigenvalue weighted by Gasteiger charge is -2.45. The summed E-state index contributed by atoms with van der Waals surface area (Å²) in [7, 11) is -3.50. The van der Waals surface area contributed by atoms with Crippen LogP contribution in [0.2, 0.25) is 0 Å². The van der Waals surface area contributed by atoms with Gasteiger partial charge in [0.15, 0.2) is 0 Å². The Labute approximate surface area is 75.5 Å². The third-order valence-electron chi connectivity index (χ3n) is 2.09. The smallest absolute Gasteiger partial charge is 0.402 e. The van der Waals surface area contributed by atoms with Crippen molar-refractivity contribution >= 4 is 7.75 Å². The van der Waals surface area contributed by atoms with Crippen molar-refractivity contribution in [3.8, 4) is 0 Å². The van der Waals surface area contributed by atoms with Crippen molar-refractivity contribution in [2.24, 2.45) is 5.50 Å². The van der Waals surface area contributed by atoms with E-state index in [9.17, 15) is 9.77 Å². The summed E-state index contributed by atoms with van der Waals surface area (Å²) in [6.07, 6.45) is 0.312. The van der Waals surface area contributed by atoms with Gasteiger partial charge in [-0.2, -0.15) is 0 Å². The highest BCUT2D eigenvalue weighted by atomic mass is 31.2. The molecule has 0 aromatic rings. The number of hydroxylamine groups is 2. The van der Waals surface area contributed by atoms with E-state index >= 15 is 0 Å². The Hall–Kier alpha value is -0.0100. The Balaban J connectivity index is 2.69. The van der Waals surface area contributed by atoms with E-state index in [1.165, 1.54) is 0 Å². The summed E-state index contributed by atoms with van der Waals surface area (Å²) in [5.41, 5.74) is 3.88. The van der Waals surface area contributed by atoms with Crippen molar-refractivity contribution in [2.45, 2.75) is 18.9 Å². The fourth-order valence-electron chi connectivity index (χ4n) is 0.949. The lowest BCUT2D eigenvalue weighted by Crippen LogP contribution is -2.53. The Kier molecular flexibility index (Phi) is 3.09. The van der Waals surface area contributed by atoms with Crippen LogP contribution in [0.4, 0.5) is 0 Å². The quantitative estimate of drug-likeness (QED) is 0.503. The van der Waals surface area contributed by atoms with Crippen molar-refractivity contribution in [2.75, 3.05) is 13.2 Å². The summed E-state index contributed by atoms with van der Waals surface area (Å²) in [5, 5.41) is 19.3. The average Bonchev–Trinajstić information content (AvgIpc) is 2.05. The second-order valence-corrected chi connectivity index (χ2v) is 4.53. The van der Waals surface area contributed by atoms with Crippen LogP contribution in [0.1, 0.15) is 13.3 Å². The summed E-state index contributed by atoms with van der Waals surface area (Å²) in [5.74, 6) is 0. The normalized spacial score (nSPS) is 41.0. The van der Waals surface area contributed by atoms with Crippen LogP contribution in [0.5, 0.6) is 0 Å². The third-order valence-corrected chi connectivity index (χ3v) is 3.07. The van der Waals surface area contributed by atoms with Crippen LogP contribution >= 0.6 is 7.75 Å². The van der Waals surface area contributed by atoms with Crippen LogP contribution in [0.3, 0.4) is 0 Å². The molecule has 0 aliphatic carbocycles. The van der Waals surface area contributed by atoms with Gasteiger partial charge in [0.1, 0.15) is 0 Å². The van der Waals surface area contributed by atoms with E-state index in [4.69, 9.17) is 10.7 Å². The van der Waals surface area contributed by atoms with Gasteiger partial charge in [-0.05, 0) is 6.42 Å². The lowest BCUT2D eigenvalue weighted by atomic mass is 10.00. The number of rotatable bonds is 2. The van der Waals surface area contributed by atoms with Crippen molar-refractivity contribution in [3.05, 3.63) is 5.21 Å². The zero-order valence-electron chi connectivity index (χ0n) is 7.17. The largest absolute Gasteiger partial charge is 0.762 e. The molecule has 0 aromatic heterocycles. The zero-order chi connectivity index (χ0) is 10.1. The fourth-order valence-corrected chi connectivity index (χ4v) is 1.86. The van der Waals surface area contributed by atoms with Crippen LogP contribution in [0.15, 0.2) is 0 Å². The topological polar surface area (TPSA) is 108 Å². The van der Waals surface area contributed by atoms with E-state index in [1.54, 1.807) is 6.92 Å². The number of nitrogens with two attached hydrogens (primary N) is 1. The molecule has 1 rings (SSSR count). The van der Waals surface area contributed by atoms with E-state index in [2.05, 4.69) is 9.05 Å². The van der Waals surface area contributed by atoms with E-state index in [1.807, 2.05) is 0 Å². The predicted octanol–water partition coefficient (Wildman–Crippen LogP) is 0.438. The molecule has 0 amide bonds. The molecule has 13 heavy (non-hydrogen) atoms. The van der Waals surface area contributed by atoms with E-state index in [0.29, 0.717) is 6.42 Å². The molecule has 0 radical (unpaired) electrons. The summed E-state index contributed by atoms with van der Waals surface area (Å²) in [4.78, 5) is 0. The molecule has 1 fully saturated rings. The molecule has 0 aromatic carbocycles. The molecule has 0 saturated carbocycles. The molecule has 78 valence electrons. The first-order chi connectivity index (χ1) is 5.92. The lowest BCUT2D eigenvalue weighted by molar-refractivity contribution is -0.170. The minimum absolute atomic E-state index is 0.197. The van der Waals surface area contributed by atoms with Gasteiger partial charge in [0.25, 0.3) is 0 Å². The van der Waals surface area contributed by atoms with E-state index in [-0.39, 0.29) is 18.4 Å². The maximum Gasteiger partial charge on any atom is 0.402 e. The summed E-state index contributed by atoms with van der Waals surface area (Å²) >= 11 is 0. The molecule has 8 heteroatoms. The second-order valence-electron chi connectivity index (χ2n) is 2.94. The highest BCUT2D eigenvalue weighted by Crippen LogP contribution is 2.45. The number of hydrogen-bond donors (Lipinski definition) is 2. The molecule has 1 heterocycles.